The number of benzene rings is 1. The molecule has 0 spiro atoms. The molecule has 1 aromatic carbocycles. The molecule has 2 aliphatic rings. The Morgan fingerprint density at radius 2 is 1.65 bits per heavy atom. The number of aromatic nitrogens is 2. The summed E-state index contributed by atoms with van der Waals surface area (Å²) in [6.45, 7) is 4.19. The molecular weight excluding hydrogens is 546 g/mol. The molecule has 2 nitrogen and oxygen atoms in total. The van der Waals surface area contributed by atoms with Gasteiger partial charge in [-0.3, -0.25) is 0 Å². The predicted molar refractivity (Wildman–Crippen MR) is 166 cm³/mol. The highest BCUT2D eigenvalue weighted by molar-refractivity contribution is 8.17. The van der Waals surface area contributed by atoms with Gasteiger partial charge in [0.15, 0.2) is 12.3 Å². The average molecular weight is 587 g/mol. The summed E-state index contributed by atoms with van der Waals surface area (Å²) in [6.07, 6.45) is 16.9. The standard InChI is InChI=1S/C33H41F3N2S2/c1-3-5-7-8-9-11-12-23-14-16-27(32(36)31(23)35)24-15-17-28(29(34)18-24)33-39-21-26(22-40-33)25-19-37-30(38-20-25)13-10-6-4-2/h4,6,14-20,26,31-33H,3,5,7-13,21-22H2,1-2H3/b6-4+. The SMILES string of the molecule is C/C=C/CCc1ncc(C2CSC(c3ccc(C4=CC=C(CCCCCCCC)C(F)C4F)cc3F)SC2)cn1. The summed E-state index contributed by atoms with van der Waals surface area (Å²) in [7, 11) is 0. The van der Waals surface area contributed by atoms with E-state index in [0.29, 0.717) is 29.0 Å². The topological polar surface area (TPSA) is 25.8 Å². The van der Waals surface area contributed by atoms with Crippen molar-refractivity contribution >= 4 is 29.1 Å². The molecule has 0 amide bonds. The van der Waals surface area contributed by atoms with E-state index in [1.54, 1.807) is 47.8 Å². The first-order chi connectivity index (χ1) is 19.5. The molecule has 0 bridgehead atoms. The number of alkyl halides is 2. The van der Waals surface area contributed by atoms with Crippen molar-refractivity contribution in [1.82, 2.24) is 9.97 Å². The fraction of sp³-hybridized carbons (Fsp3) is 0.515. The second kappa shape index (κ2) is 15.9. The molecule has 1 fully saturated rings. The van der Waals surface area contributed by atoms with Crippen LogP contribution in [0.4, 0.5) is 13.2 Å². The molecule has 2 atom stereocenters. The van der Waals surface area contributed by atoms with Gasteiger partial charge in [-0.25, -0.2) is 23.1 Å². The van der Waals surface area contributed by atoms with Gasteiger partial charge in [-0.05, 0) is 54.5 Å². The van der Waals surface area contributed by atoms with Gasteiger partial charge < -0.3 is 0 Å². The molecule has 1 aliphatic heterocycles. The summed E-state index contributed by atoms with van der Waals surface area (Å²) in [5.41, 5.74) is 2.88. The molecular formula is C33H41F3N2S2. The van der Waals surface area contributed by atoms with Gasteiger partial charge in [-0.15, -0.1) is 23.5 Å². The van der Waals surface area contributed by atoms with Gasteiger partial charge in [-0.1, -0.05) is 75.5 Å². The lowest BCUT2D eigenvalue weighted by molar-refractivity contribution is 0.237. The summed E-state index contributed by atoms with van der Waals surface area (Å²) in [4.78, 5) is 9.05. The Morgan fingerprint density at radius 1 is 0.925 bits per heavy atom. The van der Waals surface area contributed by atoms with Crippen molar-refractivity contribution in [1.29, 1.82) is 0 Å². The van der Waals surface area contributed by atoms with Gasteiger partial charge in [0, 0.05) is 41.8 Å². The van der Waals surface area contributed by atoms with E-state index in [0.717, 1.165) is 55.0 Å². The van der Waals surface area contributed by atoms with Crippen LogP contribution in [0.15, 0.2) is 60.5 Å². The van der Waals surface area contributed by atoms with Crippen LogP contribution < -0.4 is 0 Å². The van der Waals surface area contributed by atoms with Crippen molar-refractivity contribution in [2.75, 3.05) is 11.5 Å². The zero-order chi connectivity index (χ0) is 28.3. The smallest absolute Gasteiger partial charge is 0.161 e. The summed E-state index contributed by atoms with van der Waals surface area (Å²) in [5, 5.41) is 0. The maximum absolute atomic E-state index is 15.3. The largest absolute Gasteiger partial charge is 0.241 e. The molecule has 40 heavy (non-hydrogen) atoms. The van der Waals surface area contributed by atoms with E-state index < -0.39 is 12.3 Å². The summed E-state index contributed by atoms with van der Waals surface area (Å²) in [5.74, 6) is 2.52. The minimum atomic E-state index is -1.76. The number of unbranched alkanes of at least 4 members (excludes halogenated alkanes) is 5. The van der Waals surface area contributed by atoms with Crippen molar-refractivity contribution in [2.45, 2.75) is 94.5 Å². The molecule has 0 radical (unpaired) electrons. The van der Waals surface area contributed by atoms with Crippen LogP contribution in [0.2, 0.25) is 0 Å². The number of halogens is 3. The van der Waals surface area contributed by atoms with E-state index in [-0.39, 0.29) is 16.0 Å². The van der Waals surface area contributed by atoms with Crippen LogP contribution in [0.3, 0.4) is 0 Å². The molecule has 2 aromatic rings. The van der Waals surface area contributed by atoms with E-state index in [1.807, 2.05) is 25.4 Å². The quantitative estimate of drug-likeness (QED) is 0.172. The average Bonchev–Trinajstić information content (AvgIpc) is 2.98. The Kier molecular flexibility index (Phi) is 12.3. The van der Waals surface area contributed by atoms with Crippen molar-refractivity contribution in [3.63, 3.8) is 0 Å². The molecule has 0 N–H and O–H groups in total. The minimum absolute atomic E-state index is 0.0365. The third-order valence-electron chi connectivity index (χ3n) is 7.66. The number of aryl methyl sites for hydroxylation is 1. The van der Waals surface area contributed by atoms with Crippen molar-refractivity contribution < 1.29 is 13.2 Å². The Labute approximate surface area is 246 Å². The summed E-state index contributed by atoms with van der Waals surface area (Å²) in [6, 6.07) is 4.86. The molecule has 7 heteroatoms. The highest BCUT2D eigenvalue weighted by Crippen LogP contribution is 2.49. The van der Waals surface area contributed by atoms with Gasteiger partial charge in [-0.2, -0.15) is 0 Å². The first kappa shape index (κ1) is 31.0. The van der Waals surface area contributed by atoms with E-state index >= 15 is 8.78 Å². The van der Waals surface area contributed by atoms with Crippen molar-refractivity contribution in [3.05, 3.63) is 88.8 Å². The van der Waals surface area contributed by atoms with E-state index in [2.05, 4.69) is 23.0 Å². The first-order valence-corrected chi connectivity index (χ1v) is 16.7. The number of hydrogen-bond donors (Lipinski definition) is 0. The molecule has 1 aromatic heterocycles. The third-order valence-corrected chi connectivity index (χ3v) is 10.8. The number of thioether (sulfide) groups is 2. The minimum Gasteiger partial charge on any atom is -0.241 e. The van der Waals surface area contributed by atoms with E-state index in [1.165, 1.54) is 25.3 Å². The molecule has 216 valence electrons. The van der Waals surface area contributed by atoms with Crippen LogP contribution in [-0.4, -0.2) is 33.8 Å². The lowest BCUT2D eigenvalue weighted by atomic mass is 9.87. The lowest BCUT2D eigenvalue weighted by Gasteiger charge is -2.28. The Balaban J connectivity index is 1.33. The maximum atomic E-state index is 15.3. The first-order valence-electron chi connectivity index (χ1n) is 14.7. The Bertz CT molecular complexity index is 1170. The molecule has 4 rings (SSSR count). The Morgan fingerprint density at radius 3 is 2.35 bits per heavy atom. The highest BCUT2D eigenvalue weighted by atomic mass is 32.2. The maximum Gasteiger partial charge on any atom is 0.161 e. The van der Waals surface area contributed by atoms with Gasteiger partial charge in [0.05, 0.1) is 4.58 Å². The van der Waals surface area contributed by atoms with Crippen LogP contribution in [0.5, 0.6) is 0 Å². The highest BCUT2D eigenvalue weighted by Gasteiger charge is 2.32. The molecule has 1 aliphatic carbocycles. The number of nitrogens with zero attached hydrogens (tertiary/aromatic N) is 2. The normalized spacial score (nSPS) is 23.3. The van der Waals surface area contributed by atoms with Crippen LogP contribution >= 0.6 is 23.5 Å². The van der Waals surface area contributed by atoms with Crippen molar-refractivity contribution in [3.8, 4) is 0 Å². The number of allylic oxidation sites excluding steroid dienone is 6. The molecule has 1 saturated heterocycles. The zero-order valence-corrected chi connectivity index (χ0v) is 25.3. The van der Waals surface area contributed by atoms with E-state index in [9.17, 15) is 4.39 Å². The fourth-order valence-electron chi connectivity index (χ4n) is 5.17. The zero-order valence-electron chi connectivity index (χ0n) is 23.6. The summed E-state index contributed by atoms with van der Waals surface area (Å²) >= 11 is 3.42. The van der Waals surface area contributed by atoms with Crippen LogP contribution in [0, 0.1) is 5.82 Å². The van der Waals surface area contributed by atoms with Gasteiger partial charge in [0.25, 0.3) is 0 Å². The van der Waals surface area contributed by atoms with Gasteiger partial charge in [0.2, 0.25) is 0 Å². The van der Waals surface area contributed by atoms with Crippen LogP contribution in [0.1, 0.15) is 98.2 Å². The second-order valence-electron chi connectivity index (χ2n) is 10.7. The lowest BCUT2D eigenvalue weighted by Crippen LogP contribution is -2.24. The van der Waals surface area contributed by atoms with Crippen molar-refractivity contribution in [2.24, 2.45) is 0 Å². The third kappa shape index (κ3) is 8.28. The molecule has 2 unspecified atom stereocenters. The predicted octanol–water partition coefficient (Wildman–Crippen LogP) is 10.1. The van der Waals surface area contributed by atoms with Crippen LogP contribution in [-0.2, 0) is 6.42 Å². The summed E-state index contributed by atoms with van der Waals surface area (Å²) < 4.78 is 45.3. The molecule has 2 heterocycles. The van der Waals surface area contributed by atoms with Gasteiger partial charge in [0.1, 0.15) is 11.6 Å². The number of rotatable bonds is 13. The molecule has 0 saturated carbocycles. The second-order valence-corrected chi connectivity index (χ2v) is 13.2. The number of hydrogen-bond acceptors (Lipinski definition) is 4. The van der Waals surface area contributed by atoms with E-state index in [4.69, 9.17) is 0 Å². The Hall–Kier alpha value is -1.99. The monoisotopic (exact) mass is 586 g/mol. The van der Waals surface area contributed by atoms with Crippen LogP contribution in [0.25, 0.3) is 5.57 Å². The van der Waals surface area contributed by atoms with Gasteiger partial charge >= 0.3 is 0 Å². The fourth-order valence-corrected chi connectivity index (χ4v) is 8.35.